The van der Waals surface area contributed by atoms with Crippen molar-refractivity contribution in [1.29, 1.82) is 0 Å². The molecule has 0 aliphatic carbocycles. The normalized spacial score (nSPS) is 18.7. The van der Waals surface area contributed by atoms with E-state index in [4.69, 9.17) is 13.9 Å². The number of pyridine rings is 1. The molecule has 11 heteroatoms. The standard InChI is InChI=1S/C30H32N2O9/c1-38-27(35)12-23(19-5-3-6-21(10-19)40-17-28(36)39-2)30-29(37)25(33)11-22(41-30)16-31-13-18-9-20(15-31)24-7-4-8-26(34)32(24)14-18/h3-8,10-11,18,20,23,37H,9,12-17H2,1-2H3. The number of ether oxygens (including phenoxy) is 3. The minimum absolute atomic E-state index is 0.0104. The Bertz CT molecular complexity index is 1560. The van der Waals surface area contributed by atoms with E-state index in [9.17, 15) is 24.3 Å². The second kappa shape index (κ2) is 12.0. The first-order valence-corrected chi connectivity index (χ1v) is 13.4. The summed E-state index contributed by atoms with van der Waals surface area (Å²) in [5, 5.41) is 10.8. The van der Waals surface area contributed by atoms with Crippen molar-refractivity contribution in [2.45, 2.75) is 37.8 Å². The van der Waals surface area contributed by atoms with E-state index >= 15 is 0 Å². The Morgan fingerprint density at radius 3 is 2.59 bits per heavy atom. The SMILES string of the molecule is COC(=O)COc1cccc(C(CC(=O)OC)c2oc(CN3CC4CC(C3)c3cccc(=O)n3C4)cc(=O)c2O)c1. The fraction of sp³-hybridized carbons (Fsp3) is 0.400. The van der Waals surface area contributed by atoms with Crippen LogP contribution in [0, 0.1) is 5.92 Å². The molecule has 2 bridgehead atoms. The average Bonchev–Trinajstić information content (AvgIpc) is 2.97. The number of carbonyl (C=O) groups excluding carboxylic acids is 2. The van der Waals surface area contributed by atoms with Crippen LogP contribution in [-0.2, 0) is 32.2 Å². The van der Waals surface area contributed by atoms with Crippen LogP contribution < -0.4 is 15.7 Å². The zero-order valence-electron chi connectivity index (χ0n) is 22.9. The lowest BCUT2D eigenvalue weighted by molar-refractivity contribution is -0.143. The fourth-order valence-corrected chi connectivity index (χ4v) is 5.85. The van der Waals surface area contributed by atoms with Crippen molar-refractivity contribution in [2.24, 2.45) is 5.92 Å². The lowest BCUT2D eigenvalue weighted by Crippen LogP contribution is -2.46. The van der Waals surface area contributed by atoms with E-state index in [1.807, 2.05) is 10.6 Å². The number of nitrogens with zero attached hydrogens (tertiary/aromatic N) is 2. The molecule has 2 aliphatic heterocycles. The number of fused-ring (bicyclic) bond motifs is 4. The first kappa shape index (κ1) is 28.2. The molecule has 41 heavy (non-hydrogen) atoms. The van der Waals surface area contributed by atoms with Gasteiger partial charge in [0.2, 0.25) is 11.2 Å². The van der Waals surface area contributed by atoms with Crippen LogP contribution in [-0.4, -0.2) is 60.4 Å². The molecule has 0 radical (unpaired) electrons. The summed E-state index contributed by atoms with van der Waals surface area (Å²) in [5.41, 5.74) is 0.918. The summed E-state index contributed by atoms with van der Waals surface area (Å²) in [4.78, 5) is 51.4. The molecule has 2 aromatic heterocycles. The molecule has 1 fully saturated rings. The maximum absolute atomic E-state index is 12.9. The maximum Gasteiger partial charge on any atom is 0.343 e. The molecule has 1 saturated heterocycles. The first-order chi connectivity index (χ1) is 19.7. The van der Waals surface area contributed by atoms with Crippen molar-refractivity contribution in [3.63, 3.8) is 0 Å². The second-order valence-electron chi connectivity index (χ2n) is 10.5. The molecule has 3 aromatic rings. The van der Waals surface area contributed by atoms with E-state index in [1.54, 1.807) is 36.4 Å². The monoisotopic (exact) mass is 564 g/mol. The zero-order chi connectivity index (χ0) is 29.1. The van der Waals surface area contributed by atoms with Crippen LogP contribution in [0.2, 0.25) is 0 Å². The predicted molar refractivity (Wildman–Crippen MR) is 146 cm³/mol. The van der Waals surface area contributed by atoms with Gasteiger partial charge in [0.1, 0.15) is 11.5 Å². The van der Waals surface area contributed by atoms with Gasteiger partial charge in [-0.2, -0.15) is 0 Å². The van der Waals surface area contributed by atoms with E-state index in [2.05, 4.69) is 9.64 Å². The topological polar surface area (TPSA) is 138 Å². The van der Waals surface area contributed by atoms with E-state index in [0.29, 0.717) is 36.7 Å². The number of methoxy groups -OCH3 is 2. The maximum atomic E-state index is 12.9. The Balaban J connectivity index is 1.43. The van der Waals surface area contributed by atoms with Gasteiger partial charge >= 0.3 is 11.9 Å². The van der Waals surface area contributed by atoms with Gasteiger partial charge in [0, 0.05) is 43.4 Å². The molecule has 3 unspecified atom stereocenters. The highest BCUT2D eigenvalue weighted by Gasteiger charge is 2.35. The van der Waals surface area contributed by atoms with Gasteiger partial charge < -0.3 is 28.3 Å². The van der Waals surface area contributed by atoms with Gasteiger partial charge in [0.15, 0.2) is 12.4 Å². The molecule has 3 atom stereocenters. The molecule has 4 heterocycles. The van der Waals surface area contributed by atoms with Crippen LogP contribution in [0.25, 0.3) is 0 Å². The van der Waals surface area contributed by atoms with Gasteiger partial charge in [-0.3, -0.25) is 19.3 Å². The highest BCUT2D eigenvalue weighted by molar-refractivity contribution is 5.72. The number of carbonyl (C=O) groups is 2. The summed E-state index contributed by atoms with van der Waals surface area (Å²) in [7, 11) is 2.50. The number of rotatable bonds is 9. The molecule has 5 rings (SSSR count). The minimum atomic E-state index is -0.865. The van der Waals surface area contributed by atoms with Crippen molar-refractivity contribution >= 4 is 11.9 Å². The van der Waals surface area contributed by atoms with E-state index < -0.39 is 29.0 Å². The number of aromatic hydroxyl groups is 1. The molecule has 1 N–H and O–H groups in total. The summed E-state index contributed by atoms with van der Waals surface area (Å²) in [5.74, 6) is -1.50. The van der Waals surface area contributed by atoms with Crippen LogP contribution in [0.3, 0.4) is 0 Å². The third-order valence-corrected chi connectivity index (χ3v) is 7.69. The largest absolute Gasteiger partial charge is 0.502 e. The lowest BCUT2D eigenvalue weighted by atomic mass is 9.83. The van der Waals surface area contributed by atoms with Gasteiger partial charge in [0.05, 0.1) is 33.1 Å². The molecule has 11 nitrogen and oxygen atoms in total. The number of hydrogen-bond acceptors (Lipinski definition) is 10. The Morgan fingerprint density at radius 1 is 1.02 bits per heavy atom. The number of aromatic nitrogens is 1. The minimum Gasteiger partial charge on any atom is -0.502 e. The molecular formula is C30H32N2O9. The van der Waals surface area contributed by atoms with E-state index in [1.165, 1.54) is 20.3 Å². The highest BCUT2D eigenvalue weighted by Crippen LogP contribution is 2.37. The van der Waals surface area contributed by atoms with Crippen molar-refractivity contribution in [3.05, 3.63) is 91.9 Å². The zero-order valence-corrected chi connectivity index (χ0v) is 22.9. The average molecular weight is 565 g/mol. The summed E-state index contributed by atoms with van der Waals surface area (Å²) in [6.45, 7) is 2.06. The third-order valence-electron chi connectivity index (χ3n) is 7.69. The van der Waals surface area contributed by atoms with E-state index in [0.717, 1.165) is 18.7 Å². The third kappa shape index (κ3) is 6.19. The molecule has 2 aliphatic rings. The summed E-state index contributed by atoms with van der Waals surface area (Å²) >= 11 is 0. The molecule has 216 valence electrons. The highest BCUT2D eigenvalue weighted by atomic mass is 16.6. The Morgan fingerprint density at radius 2 is 1.80 bits per heavy atom. The molecule has 0 amide bonds. The number of benzene rings is 1. The second-order valence-corrected chi connectivity index (χ2v) is 10.5. The smallest absolute Gasteiger partial charge is 0.343 e. The van der Waals surface area contributed by atoms with Gasteiger partial charge in [-0.15, -0.1) is 0 Å². The molecule has 1 aromatic carbocycles. The lowest BCUT2D eigenvalue weighted by Gasteiger charge is -2.42. The van der Waals surface area contributed by atoms with Crippen molar-refractivity contribution in [3.8, 4) is 11.5 Å². The Hall–Kier alpha value is -4.38. The summed E-state index contributed by atoms with van der Waals surface area (Å²) < 4.78 is 23.0. The van der Waals surface area contributed by atoms with Crippen LogP contribution in [0.4, 0.5) is 0 Å². The molecule has 0 spiro atoms. The summed E-state index contributed by atoms with van der Waals surface area (Å²) in [6.07, 6.45) is 0.774. The van der Waals surface area contributed by atoms with Gasteiger partial charge in [-0.25, -0.2) is 4.79 Å². The number of esters is 2. The quantitative estimate of drug-likeness (QED) is 0.386. The van der Waals surface area contributed by atoms with Crippen molar-refractivity contribution in [1.82, 2.24) is 9.47 Å². The summed E-state index contributed by atoms with van der Waals surface area (Å²) in [6, 6.07) is 13.2. The van der Waals surface area contributed by atoms with Gasteiger partial charge in [0.25, 0.3) is 5.56 Å². The first-order valence-electron chi connectivity index (χ1n) is 13.4. The van der Waals surface area contributed by atoms with Crippen molar-refractivity contribution < 1.29 is 33.3 Å². The number of piperidine rings is 1. The molecule has 0 saturated carbocycles. The van der Waals surface area contributed by atoms with Crippen molar-refractivity contribution in [2.75, 3.05) is 33.9 Å². The van der Waals surface area contributed by atoms with Crippen LogP contribution in [0.1, 0.15) is 47.5 Å². The Kier molecular flexibility index (Phi) is 8.25. The fourth-order valence-electron chi connectivity index (χ4n) is 5.85. The van der Waals surface area contributed by atoms with Crippen LogP contribution in [0.15, 0.2) is 62.5 Å². The van der Waals surface area contributed by atoms with Crippen LogP contribution in [0.5, 0.6) is 11.5 Å². The van der Waals surface area contributed by atoms with Crippen LogP contribution >= 0.6 is 0 Å². The van der Waals surface area contributed by atoms with Gasteiger partial charge in [-0.1, -0.05) is 18.2 Å². The Labute approximate surface area is 235 Å². The predicted octanol–water partition coefficient (Wildman–Crippen LogP) is 2.37. The number of likely N-dealkylation sites (tertiary alicyclic amines) is 1. The molecular weight excluding hydrogens is 532 g/mol. The van der Waals surface area contributed by atoms with E-state index in [-0.39, 0.29) is 36.2 Å². The number of hydrogen-bond donors (Lipinski definition) is 1. The van der Waals surface area contributed by atoms with Gasteiger partial charge in [-0.05, 0) is 36.1 Å².